The van der Waals surface area contributed by atoms with Gasteiger partial charge in [-0.1, -0.05) is 30.3 Å². The van der Waals surface area contributed by atoms with E-state index in [1.165, 1.54) is 15.8 Å². The first-order chi connectivity index (χ1) is 15.6. The fraction of sp³-hybridized carbons (Fsp3) is 0.360. The second-order valence-electron chi connectivity index (χ2n) is 9.39. The van der Waals surface area contributed by atoms with Crippen molar-refractivity contribution in [2.75, 3.05) is 0 Å². The molecule has 2 unspecified atom stereocenters. The quantitative estimate of drug-likeness (QED) is 0.458. The molecule has 2 aromatic carbocycles. The third kappa shape index (κ3) is 3.60. The SMILES string of the molecule is CC1(NC(=O)C2CCC(n3cnnc3-c3ccc(-c4ccc5ncsc5c4)cc3)C2)CC1. The summed E-state index contributed by atoms with van der Waals surface area (Å²) in [5.41, 5.74) is 6.36. The van der Waals surface area contributed by atoms with Gasteiger partial charge >= 0.3 is 0 Å². The van der Waals surface area contributed by atoms with Crippen LogP contribution in [0.1, 0.15) is 45.1 Å². The monoisotopic (exact) mass is 443 g/mol. The van der Waals surface area contributed by atoms with Gasteiger partial charge in [-0.3, -0.25) is 4.79 Å². The molecule has 2 atom stereocenters. The molecule has 4 aromatic rings. The first-order valence-corrected chi connectivity index (χ1v) is 12.1. The molecule has 2 aliphatic carbocycles. The predicted molar refractivity (Wildman–Crippen MR) is 126 cm³/mol. The number of rotatable bonds is 5. The van der Waals surface area contributed by atoms with E-state index >= 15 is 0 Å². The van der Waals surface area contributed by atoms with Gasteiger partial charge in [-0.25, -0.2) is 4.98 Å². The molecule has 0 aliphatic heterocycles. The van der Waals surface area contributed by atoms with E-state index in [1.807, 2.05) is 11.8 Å². The predicted octanol–water partition coefficient (Wildman–Crippen LogP) is 5.23. The molecular formula is C25H25N5OS. The van der Waals surface area contributed by atoms with Gasteiger partial charge in [-0.05, 0) is 62.3 Å². The van der Waals surface area contributed by atoms with Crippen molar-refractivity contribution in [3.63, 3.8) is 0 Å². The molecule has 6 nitrogen and oxygen atoms in total. The molecule has 0 saturated heterocycles. The van der Waals surface area contributed by atoms with E-state index in [4.69, 9.17) is 0 Å². The molecule has 2 heterocycles. The zero-order valence-corrected chi connectivity index (χ0v) is 18.8. The van der Waals surface area contributed by atoms with E-state index in [9.17, 15) is 4.79 Å². The summed E-state index contributed by atoms with van der Waals surface area (Å²) < 4.78 is 3.35. The Morgan fingerprint density at radius 1 is 1.09 bits per heavy atom. The lowest BCUT2D eigenvalue weighted by Gasteiger charge is -2.17. The third-order valence-corrected chi connectivity index (χ3v) is 7.77. The van der Waals surface area contributed by atoms with Gasteiger partial charge < -0.3 is 9.88 Å². The zero-order chi connectivity index (χ0) is 21.7. The summed E-state index contributed by atoms with van der Waals surface area (Å²) in [7, 11) is 0. The summed E-state index contributed by atoms with van der Waals surface area (Å²) in [4.78, 5) is 17.0. The summed E-state index contributed by atoms with van der Waals surface area (Å²) >= 11 is 1.66. The molecule has 0 spiro atoms. The largest absolute Gasteiger partial charge is 0.351 e. The van der Waals surface area contributed by atoms with Gasteiger partial charge in [0, 0.05) is 23.1 Å². The normalized spacial score (nSPS) is 21.7. The summed E-state index contributed by atoms with van der Waals surface area (Å²) in [5, 5.41) is 11.8. The number of hydrogen-bond acceptors (Lipinski definition) is 5. The van der Waals surface area contributed by atoms with Crippen LogP contribution in [0.5, 0.6) is 0 Å². The molecule has 7 heteroatoms. The van der Waals surface area contributed by atoms with Crippen LogP contribution in [0.3, 0.4) is 0 Å². The Morgan fingerprint density at radius 2 is 1.88 bits per heavy atom. The van der Waals surface area contributed by atoms with Gasteiger partial charge in [0.2, 0.25) is 5.91 Å². The Kier molecular flexibility index (Phi) is 4.61. The van der Waals surface area contributed by atoms with Crippen molar-refractivity contribution in [2.45, 2.75) is 50.6 Å². The molecule has 0 radical (unpaired) electrons. The minimum absolute atomic E-state index is 0.0448. The van der Waals surface area contributed by atoms with Gasteiger partial charge in [0.1, 0.15) is 6.33 Å². The number of nitrogens with zero attached hydrogens (tertiary/aromatic N) is 4. The number of benzene rings is 2. The van der Waals surface area contributed by atoms with Gasteiger partial charge in [0.15, 0.2) is 5.82 Å². The number of fused-ring (bicyclic) bond motifs is 1. The van der Waals surface area contributed by atoms with Crippen molar-refractivity contribution in [3.8, 4) is 22.5 Å². The summed E-state index contributed by atoms with van der Waals surface area (Å²) in [5.74, 6) is 1.16. The van der Waals surface area contributed by atoms with Crippen LogP contribution in [0.2, 0.25) is 0 Å². The first kappa shape index (κ1) is 19.6. The molecule has 2 saturated carbocycles. The van der Waals surface area contributed by atoms with Crippen molar-refractivity contribution in [2.24, 2.45) is 5.92 Å². The molecule has 2 fully saturated rings. The molecule has 162 valence electrons. The smallest absolute Gasteiger partial charge is 0.223 e. The van der Waals surface area contributed by atoms with Crippen molar-refractivity contribution < 1.29 is 4.79 Å². The molecule has 2 aliphatic rings. The topological polar surface area (TPSA) is 72.7 Å². The highest BCUT2D eigenvalue weighted by atomic mass is 32.1. The van der Waals surface area contributed by atoms with Crippen LogP contribution in [-0.4, -0.2) is 31.2 Å². The number of nitrogens with one attached hydrogen (secondary N) is 1. The molecule has 1 N–H and O–H groups in total. The number of aromatic nitrogens is 4. The standard InChI is InChI=1S/C25H25N5OS/c1-25(10-11-25)28-24(31)19-6-8-20(12-19)30-14-27-29-23(30)17-4-2-16(3-5-17)18-7-9-21-22(13-18)32-15-26-21/h2-5,7,9,13-15,19-20H,6,8,10-12H2,1H3,(H,28,31). The Labute approximate surface area is 190 Å². The highest BCUT2D eigenvalue weighted by Gasteiger charge is 2.41. The first-order valence-electron chi connectivity index (χ1n) is 11.2. The van der Waals surface area contributed by atoms with E-state index in [2.05, 4.69) is 74.5 Å². The fourth-order valence-corrected chi connectivity index (χ4v) is 5.44. The van der Waals surface area contributed by atoms with Crippen molar-refractivity contribution in [1.29, 1.82) is 0 Å². The number of amides is 1. The van der Waals surface area contributed by atoms with E-state index in [0.717, 1.165) is 49.0 Å². The van der Waals surface area contributed by atoms with Crippen LogP contribution in [0.4, 0.5) is 0 Å². The van der Waals surface area contributed by atoms with Gasteiger partial charge in [-0.15, -0.1) is 21.5 Å². The minimum atomic E-state index is 0.0448. The van der Waals surface area contributed by atoms with E-state index in [-0.39, 0.29) is 23.4 Å². The summed E-state index contributed by atoms with van der Waals surface area (Å²) in [6.07, 6.45) is 6.75. The second kappa shape index (κ2) is 7.52. The van der Waals surface area contributed by atoms with Crippen LogP contribution >= 0.6 is 11.3 Å². The minimum Gasteiger partial charge on any atom is -0.351 e. The Morgan fingerprint density at radius 3 is 2.69 bits per heavy atom. The van der Waals surface area contributed by atoms with Crippen LogP contribution < -0.4 is 5.32 Å². The second-order valence-corrected chi connectivity index (χ2v) is 10.3. The van der Waals surface area contributed by atoms with E-state index in [1.54, 1.807) is 11.3 Å². The summed E-state index contributed by atoms with van der Waals surface area (Å²) in [6, 6.07) is 15.1. The molecule has 6 rings (SSSR count). The van der Waals surface area contributed by atoms with Gasteiger partial charge in [0.05, 0.1) is 15.7 Å². The van der Waals surface area contributed by atoms with Gasteiger partial charge in [0.25, 0.3) is 0 Å². The van der Waals surface area contributed by atoms with Crippen molar-refractivity contribution >= 4 is 27.5 Å². The molecule has 0 bridgehead atoms. The maximum Gasteiger partial charge on any atom is 0.223 e. The van der Waals surface area contributed by atoms with Crippen molar-refractivity contribution in [1.82, 2.24) is 25.1 Å². The number of thiazole rings is 1. The lowest BCUT2D eigenvalue weighted by molar-refractivity contribution is -0.125. The maximum atomic E-state index is 12.7. The molecular weight excluding hydrogens is 418 g/mol. The van der Waals surface area contributed by atoms with E-state index < -0.39 is 0 Å². The van der Waals surface area contributed by atoms with Crippen molar-refractivity contribution in [3.05, 3.63) is 54.3 Å². The number of hydrogen-bond donors (Lipinski definition) is 1. The lowest BCUT2D eigenvalue weighted by Crippen LogP contribution is -2.38. The van der Waals surface area contributed by atoms with Gasteiger partial charge in [-0.2, -0.15) is 0 Å². The average molecular weight is 444 g/mol. The van der Waals surface area contributed by atoms with Crippen LogP contribution in [-0.2, 0) is 4.79 Å². The van der Waals surface area contributed by atoms with Crippen LogP contribution in [0.15, 0.2) is 54.3 Å². The number of carbonyl (C=O) groups excluding carboxylic acids is 1. The number of carbonyl (C=O) groups is 1. The molecule has 1 amide bonds. The zero-order valence-electron chi connectivity index (χ0n) is 18.0. The average Bonchev–Trinajstić information content (AvgIpc) is 3.28. The van der Waals surface area contributed by atoms with E-state index in [0.29, 0.717) is 0 Å². The van der Waals surface area contributed by atoms with Crippen LogP contribution in [0, 0.1) is 5.92 Å². The third-order valence-electron chi connectivity index (χ3n) is 6.97. The highest BCUT2D eigenvalue weighted by molar-refractivity contribution is 7.16. The van der Waals surface area contributed by atoms with Crippen LogP contribution in [0.25, 0.3) is 32.7 Å². The Bertz CT molecular complexity index is 1290. The molecule has 32 heavy (non-hydrogen) atoms. The Hall–Kier alpha value is -3.06. The lowest BCUT2D eigenvalue weighted by atomic mass is 10.0. The summed E-state index contributed by atoms with van der Waals surface area (Å²) in [6.45, 7) is 2.13. The highest BCUT2D eigenvalue weighted by Crippen LogP contribution is 2.39. The Balaban J connectivity index is 1.20. The maximum absolute atomic E-state index is 12.7. The molecule has 2 aromatic heterocycles. The fourth-order valence-electron chi connectivity index (χ4n) is 4.72.